The SMILES string of the molecule is CCc1cc(C(=O)Nc2cccc(C(=O)c3ccc4c(C=O)c(O)[nH]c4c3)c2)nn1C. The summed E-state index contributed by atoms with van der Waals surface area (Å²) in [4.78, 5) is 39.3. The van der Waals surface area contributed by atoms with Gasteiger partial charge in [-0.2, -0.15) is 5.10 Å². The van der Waals surface area contributed by atoms with Gasteiger partial charge in [-0.3, -0.25) is 19.1 Å². The number of H-pyrrole nitrogens is 1. The minimum Gasteiger partial charge on any atom is -0.494 e. The van der Waals surface area contributed by atoms with Crippen LogP contribution in [0.3, 0.4) is 0 Å². The van der Waals surface area contributed by atoms with Crippen LogP contribution in [0.15, 0.2) is 48.5 Å². The zero-order valence-corrected chi connectivity index (χ0v) is 17.0. The Morgan fingerprint density at radius 2 is 1.94 bits per heavy atom. The van der Waals surface area contributed by atoms with Crippen LogP contribution in [0.5, 0.6) is 5.88 Å². The molecule has 0 radical (unpaired) electrons. The lowest BCUT2D eigenvalue weighted by Gasteiger charge is -2.06. The number of aromatic nitrogens is 3. The highest BCUT2D eigenvalue weighted by Gasteiger charge is 2.16. The molecule has 0 aliphatic carbocycles. The van der Waals surface area contributed by atoms with Gasteiger partial charge in [0.25, 0.3) is 5.91 Å². The maximum Gasteiger partial charge on any atom is 0.276 e. The largest absolute Gasteiger partial charge is 0.494 e. The number of ketones is 1. The number of fused-ring (bicyclic) bond motifs is 1. The van der Waals surface area contributed by atoms with E-state index in [9.17, 15) is 19.5 Å². The lowest BCUT2D eigenvalue weighted by atomic mass is 10.0. The molecule has 2 aromatic heterocycles. The Bertz CT molecular complexity index is 1330. The van der Waals surface area contributed by atoms with E-state index < -0.39 is 0 Å². The molecule has 31 heavy (non-hydrogen) atoms. The zero-order valence-electron chi connectivity index (χ0n) is 17.0. The van der Waals surface area contributed by atoms with Gasteiger partial charge in [0.15, 0.2) is 23.6 Å². The minimum absolute atomic E-state index is 0.152. The second kappa shape index (κ2) is 7.91. The highest BCUT2D eigenvalue weighted by molar-refractivity contribution is 6.12. The van der Waals surface area contributed by atoms with E-state index in [4.69, 9.17) is 0 Å². The fourth-order valence-electron chi connectivity index (χ4n) is 3.51. The molecule has 2 heterocycles. The van der Waals surface area contributed by atoms with Gasteiger partial charge in [-0.15, -0.1) is 0 Å². The number of benzene rings is 2. The summed E-state index contributed by atoms with van der Waals surface area (Å²) in [5, 5.41) is 17.3. The monoisotopic (exact) mass is 416 g/mol. The smallest absolute Gasteiger partial charge is 0.276 e. The van der Waals surface area contributed by atoms with E-state index in [0.29, 0.717) is 39.7 Å². The number of aldehydes is 1. The number of anilines is 1. The van der Waals surface area contributed by atoms with Gasteiger partial charge in [-0.1, -0.05) is 31.2 Å². The topological polar surface area (TPSA) is 117 Å². The molecule has 0 saturated carbocycles. The Morgan fingerprint density at radius 3 is 2.65 bits per heavy atom. The number of rotatable bonds is 6. The molecule has 4 rings (SSSR count). The average molecular weight is 416 g/mol. The van der Waals surface area contributed by atoms with Crippen LogP contribution in [0.25, 0.3) is 10.9 Å². The lowest BCUT2D eigenvalue weighted by Crippen LogP contribution is -2.13. The van der Waals surface area contributed by atoms with Crippen LogP contribution >= 0.6 is 0 Å². The molecule has 3 N–H and O–H groups in total. The molecule has 1 amide bonds. The predicted molar refractivity (Wildman–Crippen MR) is 116 cm³/mol. The Morgan fingerprint density at radius 1 is 1.16 bits per heavy atom. The number of aromatic amines is 1. The number of nitrogens with one attached hydrogen (secondary N) is 2. The molecule has 8 heteroatoms. The third-order valence-electron chi connectivity index (χ3n) is 5.15. The summed E-state index contributed by atoms with van der Waals surface area (Å²) in [5.74, 6) is -0.851. The zero-order chi connectivity index (χ0) is 22.1. The summed E-state index contributed by atoms with van der Waals surface area (Å²) in [6.07, 6.45) is 1.32. The predicted octanol–water partition coefficient (Wildman–Crippen LogP) is 3.47. The van der Waals surface area contributed by atoms with E-state index in [1.54, 1.807) is 60.3 Å². The molecule has 0 bridgehead atoms. The highest BCUT2D eigenvalue weighted by atomic mass is 16.3. The quantitative estimate of drug-likeness (QED) is 0.329. The first kappa shape index (κ1) is 20.1. The fourth-order valence-corrected chi connectivity index (χ4v) is 3.51. The molecule has 0 aliphatic heterocycles. The van der Waals surface area contributed by atoms with Gasteiger partial charge >= 0.3 is 0 Å². The molecule has 0 atom stereocenters. The summed E-state index contributed by atoms with van der Waals surface area (Å²) >= 11 is 0. The number of carbonyl (C=O) groups excluding carboxylic acids is 3. The fraction of sp³-hybridized carbons (Fsp3) is 0.130. The number of nitrogens with zero attached hydrogens (tertiary/aromatic N) is 2. The van der Waals surface area contributed by atoms with Crippen LogP contribution in [0.2, 0.25) is 0 Å². The lowest BCUT2D eigenvalue weighted by molar-refractivity contribution is 0.101. The Balaban J connectivity index is 1.58. The minimum atomic E-state index is -0.357. The molecule has 2 aromatic carbocycles. The van der Waals surface area contributed by atoms with Gasteiger partial charge in [0.05, 0.1) is 5.56 Å². The van der Waals surface area contributed by atoms with Crippen LogP contribution in [0.4, 0.5) is 5.69 Å². The van der Waals surface area contributed by atoms with Gasteiger partial charge < -0.3 is 15.4 Å². The Hall–Kier alpha value is -4.20. The van der Waals surface area contributed by atoms with Crippen molar-refractivity contribution >= 4 is 34.6 Å². The normalized spacial score (nSPS) is 10.9. The average Bonchev–Trinajstić information content (AvgIpc) is 3.31. The number of aryl methyl sites for hydroxylation is 2. The molecule has 0 spiro atoms. The van der Waals surface area contributed by atoms with Crippen molar-refractivity contribution in [2.75, 3.05) is 5.32 Å². The Labute approximate surface area is 177 Å². The molecule has 0 aliphatic rings. The first-order valence-electron chi connectivity index (χ1n) is 9.70. The van der Waals surface area contributed by atoms with Crippen LogP contribution in [0.1, 0.15) is 49.4 Å². The van der Waals surface area contributed by atoms with Crippen molar-refractivity contribution in [3.8, 4) is 5.88 Å². The molecule has 0 saturated heterocycles. The molecular formula is C23H20N4O4. The molecule has 8 nitrogen and oxygen atoms in total. The third-order valence-corrected chi connectivity index (χ3v) is 5.15. The van der Waals surface area contributed by atoms with Gasteiger partial charge in [-0.05, 0) is 30.7 Å². The van der Waals surface area contributed by atoms with Crippen molar-refractivity contribution in [2.24, 2.45) is 7.05 Å². The van der Waals surface area contributed by atoms with Gasteiger partial charge in [-0.25, -0.2) is 0 Å². The first-order valence-corrected chi connectivity index (χ1v) is 9.70. The van der Waals surface area contributed by atoms with E-state index in [0.717, 1.165) is 12.1 Å². The van der Waals surface area contributed by atoms with E-state index in [1.165, 1.54) is 0 Å². The number of carbonyl (C=O) groups is 3. The van der Waals surface area contributed by atoms with Crippen molar-refractivity contribution in [3.63, 3.8) is 0 Å². The van der Waals surface area contributed by atoms with Crippen LogP contribution in [0, 0.1) is 0 Å². The standard InChI is InChI=1S/C23H20N4O4/c1-3-16-11-20(26-27(16)2)23(31)24-15-6-4-5-13(9-15)21(29)14-7-8-17-18(12-28)22(30)25-19(17)10-14/h4-12,25,30H,3H2,1-2H3,(H,24,31). The van der Waals surface area contributed by atoms with E-state index in [-0.39, 0.29) is 23.1 Å². The summed E-state index contributed by atoms with van der Waals surface area (Å²) < 4.78 is 1.67. The third kappa shape index (κ3) is 3.71. The molecule has 156 valence electrons. The summed E-state index contributed by atoms with van der Waals surface area (Å²) in [5.41, 5.74) is 3.13. The van der Waals surface area contributed by atoms with Crippen LogP contribution < -0.4 is 5.32 Å². The van der Waals surface area contributed by atoms with Gasteiger partial charge in [0.2, 0.25) is 0 Å². The Kier molecular flexibility index (Phi) is 5.12. The molecule has 0 fully saturated rings. The molecule has 4 aromatic rings. The van der Waals surface area contributed by atoms with Crippen molar-refractivity contribution in [1.82, 2.24) is 14.8 Å². The second-order valence-corrected chi connectivity index (χ2v) is 7.13. The highest BCUT2D eigenvalue weighted by Crippen LogP contribution is 2.27. The van der Waals surface area contributed by atoms with Gasteiger partial charge in [0, 0.05) is 40.5 Å². The molecular weight excluding hydrogens is 396 g/mol. The summed E-state index contributed by atoms with van der Waals surface area (Å²) in [6.45, 7) is 1.99. The van der Waals surface area contributed by atoms with Crippen molar-refractivity contribution in [2.45, 2.75) is 13.3 Å². The van der Waals surface area contributed by atoms with E-state index in [2.05, 4.69) is 15.4 Å². The summed E-state index contributed by atoms with van der Waals surface area (Å²) in [7, 11) is 1.79. The number of hydrogen-bond donors (Lipinski definition) is 3. The maximum absolute atomic E-state index is 13.0. The maximum atomic E-state index is 13.0. The van der Waals surface area contributed by atoms with Crippen LogP contribution in [-0.4, -0.2) is 37.8 Å². The first-order chi connectivity index (χ1) is 14.9. The van der Waals surface area contributed by atoms with Crippen LogP contribution in [-0.2, 0) is 13.5 Å². The van der Waals surface area contributed by atoms with E-state index >= 15 is 0 Å². The summed E-state index contributed by atoms with van der Waals surface area (Å²) in [6, 6.07) is 13.1. The molecule has 0 unspecified atom stereocenters. The van der Waals surface area contributed by atoms with Crippen molar-refractivity contribution in [3.05, 3.63) is 76.6 Å². The van der Waals surface area contributed by atoms with Gasteiger partial charge in [0.1, 0.15) is 0 Å². The van der Waals surface area contributed by atoms with E-state index in [1.807, 2.05) is 6.92 Å². The van der Waals surface area contributed by atoms with Crippen molar-refractivity contribution < 1.29 is 19.5 Å². The second-order valence-electron chi connectivity index (χ2n) is 7.13. The number of aromatic hydroxyl groups is 1. The number of amides is 1. The number of hydrogen-bond acceptors (Lipinski definition) is 5. The van der Waals surface area contributed by atoms with Crippen molar-refractivity contribution in [1.29, 1.82) is 0 Å².